The molecule has 0 saturated heterocycles. The number of carbonyl (C=O) groups excluding carboxylic acids is 2. The van der Waals surface area contributed by atoms with Gasteiger partial charge in [-0.1, -0.05) is 83.1 Å². The summed E-state index contributed by atoms with van der Waals surface area (Å²) in [6.07, 6.45) is 8.39. The van der Waals surface area contributed by atoms with Gasteiger partial charge >= 0.3 is 0 Å². The number of hydrogen-bond donors (Lipinski definition) is 0. The summed E-state index contributed by atoms with van der Waals surface area (Å²) >= 11 is 3.54. The van der Waals surface area contributed by atoms with Crippen LogP contribution in [0.1, 0.15) is 83.1 Å². The van der Waals surface area contributed by atoms with E-state index in [-0.39, 0.29) is 33.2 Å². The van der Waals surface area contributed by atoms with Crippen molar-refractivity contribution in [2.75, 3.05) is 0 Å². The fourth-order valence-electron chi connectivity index (χ4n) is 5.02. The van der Waals surface area contributed by atoms with Crippen LogP contribution in [0.2, 0.25) is 0 Å². The van der Waals surface area contributed by atoms with Crippen molar-refractivity contribution in [3.8, 4) is 0 Å². The SMILES string of the molecule is CC(C)(C)C1=CC(=c2cc/c(=c3\ccc(=C4C=C(C(C)(C)C)C(=O)C(C(C)(C)C)=C4)s3)s2)C=C(C(C)(C)C)C1=O. The molecule has 0 aliphatic heterocycles. The summed E-state index contributed by atoms with van der Waals surface area (Å²) in [5, 5.41) is 0. The van der Waals surface area contributed by atoms with Crippen molar-refractivity contribution in [2.24, 2.45) is 21.7 Å². The van der Waals surface area contributed by atoms with Crippen LogP contribution >= 0.6 is 22.7 Å². The molecule has 0 fully saturated rings. The normalized spacial score (nSPS) is 18.5. The van der Waals surface area contributed by atoms with Gasteiger partial charge in [-0.15, -0.1) is 22.7 Å². The number of allylic oxidation sites excluding steroid dienone is 8. The zero-order valence-electron chi connectivity index (χ0n) is 26.3. The van der Waals surface area contributed by atoms with Gasteiger partial charge in [-0.2, -0.15) is 0 Å². The Morgan fingerprint density at radius 2 is 0.625 bits per heavy atom. The summed E-state index contributed by atoms with van der Waals surface area (Å²) < 4.78 is 4.75. The molecular formula is C36H44O2S2. The van der Waals surface area contributed by atoms with Crippen molar-refractivity contribution >= 4 is 45.4 Å². The van der Waals surface area contributed by atoms with Crippen molar-refractivity contribution < 1.29 is 9.59 Å². The average molecular weight is 573 g/mol. The number of rotatable bonds is 0. The highest BCUT2D eigenvalue weighted by atomic mass is 32.1. The van der Waals surface area contributed by atoms with Crippen molar-refractivity contribution in [3.63, 3.8) is 0 Å². The van der Waals surface area contributed by atoms with Gasteiger partial charge in [0.2, 0.25) is 0 Å². The Balaban J connectivity index is 1.96. The molecule has 212 valence electrons. The van der Waals surface area contributed by atoms with Gasteiger partial charge in [0.25, 0.3) is 0 Å². The molecule has 4 rings (SSSR count). The Bertz CT molecular complexity index is 1530. The van der Waals surface area contributed by atoms with Gasteiger partial charge in [0.15, 0.2) is 11.6 Å². The first-order chi connectivity index (χ1) is 18.2. The van der Waals surface area contributed by atoms with Crippen LogP contribution in [-0.2, 0) is 9.59 Å². The van der Waals surface area contributed by atoms with Crippen LogP contribution in [0, 0.1) is 30.7 Å². The summed E-state index contributed by atoms with van der Waals surface area (Å²) in [6, 6.07) is 8.74. The van der Waals surface area contributed by atoms with Gasteiger partial charge in [0, 0.05) is 40.4 Å². The van der Waals surface area contributed by atoms with Crippen LogP contribution in [0.15, 0.2) is 70.9 Å². The lowest BCUT2D eigenvalue weighted by molar-refractivity contribution is -0.114. The third-order valence-corrected chi connectivity index (χ3v) is 9.90. The van der Waals surface area contributed by atoms with Crippen molar-refractivity contribution in [3.05, 3.63) is 89.0 Å². The fourth-order valence-corrected chi connectivity index (χ4v) is 7.10. The number of hydrogen-bond acceptors (Lipinski definition) is 4. The maximum atomic E-state index is 13.4. The van der Waals surface area contributed by atoms with E-state index in [1.54, 1.807) is 22.7 Å². The molecule has 0 atom stereocenters. The molecule has 0 radical (unpaired) electrons. The second-order valence-electron chi connectivity index (χ2n) is 15.1. The summed E-state index contributed by atoms with van der Waals surface area (Å²) in [5.74, 6) is 0.327. The maximum Gasteiger partial charge on any atom is 0.186 e. The predicted octanol–water partition coefficient (Wildman–Crippen LogP) is 8.45. The number of carbonyl (C=O) groups is 2. The molecule has 0 bridgehead atoms. The van der Waals surface area contributed by atoms with Gasteiger partial charge in [-0.05, 0) is 81.4 Å². The van der Waals surface area contributed by atoms with Crippen molar-refractivity contribution in [2.45, 2.75) is 83.1 Å². The van der Waals surface area contributed by atoms with Crippen molar-refractivity contribution in [1.82, 2.24) is 0 Å². The maximum absolute atomic E-state index is 13.4. The molecule has 0 spiro atoms. The third-order valence-electron chi connectivity index (χ3n) is 7.43. The van der Waals surface area contributed by atoms with Crippen LogP contribution in [0.5, 0.6) is 0 Å². The number of ketones is 2. The summed E-state index contributed by atoms with van der Waals surface area (Å²) in [5.41, 5.74) is 4.78. The van der Waals surface area contributed by atoms with E-state index >= 15 is 0 Å². The zero-order chi connectivity index (χ0) is 30.0. The van der Waals surface area contributed by atoms with Crippen molar-refractivity contribution in [1.29, 1.82) is 0 Å². The molecule has 2 aromatic heterocycles. The summed E-state index contributed by atoms with van der Waals surface area (Å²) in [7, 11) is 0. The lowest BCUT2D eigenvalue weighted by atomic mass is 9.72. The van der Waals surface area contributed by atoms with Crippen LogP contribution in [0.3, 0.4) is 0 Å². The fraction of sp³-hybridized carbons (Fsp3) is 0.444. The predicted molar refractivity (Wildman–Crippen MR) is 173 cm³/mol. The molecule has 0 unspecified atom stereocenters. The van der Waals surface area contributed by atoms with Gasteiger partial charge < -0.3 is 0 Å². The van der Waals surface area contributed by atoms with E-state index in [1.165, 1.54) is 18.1 Å². The molecule has 2 aliphatic carbocycles. The highest BCUT2D eigenvalue weighted by molar-refractivity contribution is 7.11. The standard InChI is InChI=1S/C36H44O2S2/c1-33(2,3)23-17-21(18-24(31(23)37)34(4,5)6)27-13-15-29(39-27)30-16-14-28(40-30)22-19-25(35(7,8)9)32(38)26(20-22)36(10,11)12/h13-20H,1-12H3/b30-29-. The van der Waals surface area contributed by atoms with E-state index in [9.17, 15) is 9.59 Å². The van der Waals surface area contributed by atoms with E-state index < -0.39 is 0 Å². The molecule has 4 heteroatoms. The molecule has 2 aliphatic rings. The zero-order valence-corrected chi connectivity index (χ0v) is 27.9. The second-order valence-corrected chi connectivity index (χ2v) is 17.3. The Morgan fingerprint density at radius 3 is 0.850 bits per heavy atom. The van der Waals surface area contributed by atoms with Gasteiger partial charge in [-0.3, -0.25) is 9.59 Å². The first-order valence-electron chi connectivity index (χ1n) is 14.1. The molecule has 0 aromatic carbocycles. The highest BCUT2D eigenvalue weighted by Gasteiger charge is 2.35. The van der Waals surface area contributed by atoms with Crippen LogP contribution in [0.4, 0.5) is 0 Å². The topological polar surface area (TPSA) is 34.1 Å². The van der Waals surface area contributed by atoms with Gasteiger partial charge in [-0.25, -0.2) is 0 Å². The molecule has 2 heterocycles. The Labute approximate surface area is 247 Å². The van der Waals surface area contributed by atoms with Crippen LogP contribution in [0.25, 0.3) is 11.1 Å². The quantitative estimate of drug-likeness (QED) is 0.317. The molecule has 0 amide bonds. The molecular weight excluding hydrogens is 529 g/mol. The minimum Gasteiger partial charge on any atom is -0.289 e. The minimum absolute atomic E-state index is 0.164. The number of Topliss-reactive ketones (excluding diaryl/α,β-unsaturated/α-hetero) is 2. The molecule has 2 nitrogen and oxygen atoms in total. The van der Waals surface area contributed by atoms with Crippen LogP contribution < -0.4 is 9.06 Å². The van der Waals surface area contributed by atoms with E-state index in [0.717, 1.165) is 33.4 Å². The Morgan fingerprint density at radius 1 is 0.400 bits per heavy atom. The monoisotopic (exact) mass is 572 g/mol. The molecule has 0 N–H and O–H groups in total. The summed E-state index contributed by atoms with van der Waals surface area (Å²) in [4.78, 5) is 26.8. The third kappa shape index (κ3) is 6.04. The van der Waals surface area contributed by atoms with E-state index in [2.05, 4.69) is 132 Å². The first-order valence-corrected chi connectivity index (χ1v) is 15.7. The van der Waals surface area contributed by atoms with E-state index in [4.69, 9.17) is 0 Å². The van der Waals surface area contributed by atoms with E-state index in [0.29, 0.717) is 0 Å². The minimum atomic E-state index is -0.229. The first kappa shape index (κ1) is 30.4. The Kier molecular flexibility index (Phi) is 7.65. The summed E-state index contributed by atoms with van der Waals surface area (Å²) in [6.45, 7) is 25.4. The smallest absolute Gasteiger partial charge is 0.186 e. The van der Waals surface area contributed by atoms with Gasteiger partial charge in [0.1, 0.15) is 0 Å². The molecule has 0 saturated carbocycles. The lowest BCUT2D eigenvalue weighted by Gasteiger charge is -2.31. The average Bonchev–Trinajstić information content (AvgIpc) is 3.46. The van der Waals surface area contributed by atoms with Gasteiger partial charge in [0.05, 0.1) is 0 Å². The van der Waals surface area contributed by atoms with E-state index in [1.807, 2.05) is 0 Å². The molecule has 40 heavy (non-hydrogen) atoms. The second kappa shape index (κ2) is 10.1. The Hall–Kier alpha value is -2.56. The number of thiophene rings is 2. The largest absolute Gasteiger partial charge is 0.289 e. The molecule has 2 aromatic rings. The lowest BCUT2D eigenvalue weighted by Crippen LogP contribution is -2.28. The van der Waals surface area contributed by atoms with Crippen LogP contribution in [-0.4, -0.2) is 11.6 Å². The highest BCUT2D eigenvalue weighted by Crippen LogP contribution is 2.40.